The van der Waals surface area contributed by atoms with Gasteiger partial charge in [0.05, 0.1) is 22.2 Å². The molecule has 2 N–H and O–H groups in total. The van der Waals surface area contributed by atoms with E-state index in [1.165, 1.54) is 4.88 Å². The van der Waals surface area contributed by atoms with Crippen LogP contribution in [0.4, 0.5) is 0 Å². The van der Waals surface area contributed by atoms with Crippen molar-refractivity contribution in [2.45, 2.75) is 20.3 Å². The summed E-state index contributed by atoms with van der Waals surface area (Å²) in [7, 11) is 0. The molecule has 0 aliphatic heterocycles. The standard InChI is InChI=1S/C10H12N2S/c1-3-8(6-11)10(12)9-5-4-7(2)13-9/h4-5H,3,12H2,1-2H3/b10-8-. The molecule has 0 unspecified atom stereocenters. The van der Waals surface area contributed by atoms with Crippen molar-refractivity contribution in [1.82, 2.24) is 0 Å². The molecule has 0 aliphatic rings. The van der Waals surface area contributed by atoms with Crippen LogP contribution in [0.2, 0.25) is 0 Å². The van der Waals surface area contributed by atoms with E-state index in [0.29, 0.717) is 17.7 Å². The number of thiophene rings is 1. The summed E-state index contributed by atoms with van der Waals surface area (Å²) in [5, 5.41) is 8.78. The van der Waals surface area contributed by atoms with Crippen molar-refractivity contribution in [3.05, 3.63) is 27.5 Å². The summed E-state index contributed by atoms with van der Waals surface area (Å²) in [5.41, 5.74) is 7.14. The Labute approximate surface area is 82.3 Å². The molecule has 1 rings (SSSR count). The summed E-state index contributed by atoms with van der Waals surface area (Å²) in [6.45, 7) is 3.96. The second kappa shape index (κ2) is 4.11. The van der Waals surface area contributed by atoms with Gasteiger partial charge in [-0.2, -0.15) is 5.26 Å². The van der Waals surface area contributed by atoms with Crippen molar-refractivity contribution >= 4 is 17.0 Å². The molecule has 2 nitrogen and oxygen atoms in total. The molecule has 3 heteroatoms. The van der Waals surface area contributed by atoms with E-state index < -0.39 is 0 Å². The molecule has 0 aliphatic carbocycles. The minimum Gasteiger partial charge on any atom is -0.397 e. The molecular formula is C10H12N2S. The third-order valence-corrected chi connectivity index (χ3v) is 2.85. The zero-order chi connectivity index (χ0) is 9.84. The van der Waals surface area contributed by atoms with E-state index in [1.54, 1.807) is 11.3 Å². The number of rotatable bonds is 2. The lowest BCUT2D eigenvalue weighted by Crippen LogP contribution is -1.97. The highest BCUT2D eigenvalue weighted by molar-refractivity contribution is 7.13. The SMILES string of the molecule is CC/C(C#N)=C(/N)c1ccc(C)s1. The first kappa shape index (κ1) is 9.82. The maximum atomic E-state index is 8.78. The second-order valence-electron chi connectivity index (χ2n) is 2.77. The van der Waals surface area contributed by atoms with Gasteiger partial charge in [0.25, 0.3) is 0 Å². The third kappa shape index (κ3) is 2.10. The Bertz CT molecular complexity index is 369. The van der Waals surface area contributed by atoms with Crippen molar-refractivity contribution in [3.8, 4) is 6.07 Å². The maximum absolute atomic E-state index is 8.78. The Morgan fingerprint density at radius 1 is 1.62 bits per heavy atom. The van der Waals surface area contributed by atoms with Gasteiger partial charge in [-0.25, -0.2) is 0 Å². The molecule has 0 radical (unpaired) electrons. The van der Waals surface area contributed by atoms with E-state index in [1.807, 2.05) is 26.0 Å². The molecule has 0 saturated carbocycles. The molecule has 1 aromatic heterocycles. The van der Waals surface area contributed by atoms with Gasteiger partial charge in [-0.05, 0) is 25.5 Å². The summed E-state index contributed by atoms with van der Waals surface area (Å²) < 4.78 is 0. The topological polar surface area (TPSA) is 49.8 Å². The van der Waals surface area contributed by atoms with Crippen LogP contribution in [0.25, 0.3) is 5.70 Å². The van der Waals surface area contributed by atoms with Gasteiger partial charge >= 0.3 is 0 Å². The van der Waals surface area contributed by atoms with Crippen molar-refractivity contribution in [3.63, 3.8) is 0 Å². The molecule has 0 amide bonds. The van der Waals surface area contributed by atoms with Crippen LogP contribution >= 0.6 is 11.3 Å². The predicted molar refractivity (Wildman–Crippen MR) is 56.1 cm³/mol. The van der Waals surface area contributed by atoms with Crippen molar-refractivity contribution in [1.29, 1.82) is 5.26 Å². The highest BCUT2D eigenvalue weighted by Crippen LogP contribution is 2.23. The van der Waals surface area contributed by atoms with Gasteiger partial charge in [-0.3, -0.25) is 0 Å². The summed E-state index contributed by atoms with van der Waals surface area (Å²) in [6, 6.07) is 6.09. The molecule has 1 aromatic rings. The summed E-state index contributed by atoms with van der Waals surface area (Å²) >= 11 is 1.62. The first-order valence-corrected chi connectivity index (χ1v) is 4.96. The lowest BCUT2D eigenvalue weighted by atomic mass is 10.1. The normalized spacial score (nSPS) is 12.1. The van der Waals surface area contributed by atoms with Gasteiger partial charge in [0.2, 0.25) is 0 Å². The predicted octanol–water partition coefficient (Wildman–Crippen LogP) is 2.66. The highest BCUT2D eigenvalue weighted by Gasteiger charge is 2.05. The van der Waals surface area contributed by atoms with Gasteiger partial charge in [-0.15, -0.1) is 11.3 Å². The molecule has 13 heavy (non-hydrogen) atoms. The zero-order valence-electron chi connectivity index (χ0n) is 7.79. The lowest BCUT2D eigenvalue weighted by molar-refractivity contribution is 1.15. The van der Waals surface area contributed by atoms with Crippen molar-refractivity contribution < 1.29 is 0 Å². The fraction of sp³-hybridized carbons (Fsp3) is 0.300. The van der Waals surface area contributed by atoms with Gasteiger partial charge in [0, 0.05) is 4.88 Å². The minimum atomic E-state index is 0.628. The molecule has 0 fully saturated rings. The number of nitrogens with zero attached hydrogens (tertiary/aromatic N) is 1. The van der Waals surface area contributed by atoms with Crippen molar-refractivity contribution in [2.75, 3.05) is 0 Å². The molecule has 0 bridgehead atoms. The molecular weight excluding hydrogens is 180 g/mol. The maximum Gasteiger partial charge on any atom is 0.0969 e. The van der Waals surface area contributed by atoms with Crippen LogP contribution in [0.1, 0.15) is 23.1 Å². The molecule has 68 valence electrons. The minimum absolute atomic E-state index is 0.628. The van der Waals surface area contributed by atoms with Gasteiger partial charge in [0.1, 0.15) is 0 Å². The summed E-state index contributed by atoms with van der Waals surface area (Å²) in [5.74, 6) is 0. The third-order valence-electron chi connectivity index (χ3n) is 1.82. The van der Waals surface area contributed by atoms with E-state index >= 15 is 0 Å². The van der Waals surface area contributed by atoms with E-state index in [2.05, 4.69) is 6.07 Å². The van der Waals surface area contributed by atoms with E-state index in [-0.39, 0.29) is 0 Å². The van der Waals surface area contributed by atoms with Crippen LogP contribution in [-0.2, 0) is 0 Å². The van der Waals surface area contributed by atoms with E-state index in [0.717, 1.165) is 4.88 Å². The molecule has 0 atom stereocenters. The van der Waals surface area contributed by atoms with E-state index in [4.69, 9.17) is 11.0 Å². The number of aryl methyl sites for hydroxylation is 1. The number of nitriles is 1. The van der Waals surface area contributed by atoms with E-state index in [9.17, 15) is 0 Å². The Hall–Kier alpha value is -1.27. The summed E-state index contributed by atoms with van der Waals surface area (Å²) in [6.07, 6.45) is 0.694. The Morgan fingerprint density at radius 3 is 2.69 bits per heavy atom. The molecule has 0 saturated heterocycles. The number of allylic oxidation sites excluding steroid dienone is 1. The van der Waals surface area contributed by atoms with Crippen LogP contribution in [0.5, 0.6) is 0 Å². The zero-order valence-corrected chi connectivity index (χ0v) is 8.61. The summed E-state index contributed by atoms with van der Waals surface area (Å²) in [4.78, 5) is 2.21. The Kier molecular flexibility index (Phi) is 3.10. The number of hydrogen-bond acceptors (Lipinski definition) is 3. The first-order valence-electron chi connectivity index (χ1n) is 4.14. The van der Waals surface area contributed by atoms with Gasteiger partial charge in [0.15, 0.2) is 0 Å². The molecule has 0 spiro atoms. The van der Waals surface area contributed by atoms with Crippen LogP contribution in [0, 0.1) is 18.3 Å². The largest absolute Gasteiger partial charge is 0.397 e. The monoisotopic (exact) mass is 192 g/mol. The second-order valence-corrected chi connectivity index (χ2v) is 4.06. The van der Waals surface area contributed by atoms with Crippen LogP contribution < -0.4 is 5.73 Å². The van der Waals surface area contributed by atoms with Gasteiger partial charge in [-0.1, -0.05) is 6.92 Å². The lowest BCUT2D eigenvalue weighted by Gasteiger charge is -1.99. The quantitative estimate of drug-likeness (QED) is 0.732. The molecule has 0 aromatic carbocycles. The number of nitrogens with two attached hydrogens (primary N) is 1. The van der Waals surface area contributed by atoms with Crippen molar-refractivity contribution in [2.24, 2.45) is 5.73 Å². The number of hydrogen-bond donors (Lipinski definition) is 1. The Morgan fingerprint density at radius 2 is 2.31 bits per heavy atom. The fourth-order valence-corrected chi connectivity index (χ4v) is 1.91. The van der Waals surface area contributed by atoms with Crippen LogP contribution in [-0.4, -0.2) is 0 Å². The highest BCUT2D eigenvalue weighted by atomic mass is 32.1. The first-order chi connectivity index (χ1) is 6.19. The fourth-order valence-electron chi connectivity index (χ4n) is 1.06. The van der Waals surface area contributed by atoms with Crippen LogP contribution in [0.3, 0.4) is 0 Å². The smallest absolute Gasteiger partial charge is 0.0969 e. The average molecular weight is 192 g/mol. The Balaban J connectivity index is 3.09. The average Bonchev–Trinajstić information content (AvgIpc) is 2.54. The molecule has 1 heterocycles. The van der Waals surface area contributed by atoms with Gasteiger partial charge < -0.3 is 5.73 Å². The van der Waals surface area contributed by atoms with Crippen LogP contribution in [0.15, 0.2) is 17.7 Å².